The number of para-hydroxylation sites is 3. The molecule has 9 aromatic carbocycles. The van der Waals surface area contributed by atoms with Crippen LogP contribution in [0.3, 0.4) is 0 Å². The highest BCUT2D eigenvalue weighted by molar-refractivity contribution is 6.24. The Balaban J connectivity index is 1.16. The van der Waals surface area contributed by atoms with Crippen molar-refractivity contribution in [1.29, 1.82) is 0 Å². The standard InChI is InChI=1S/C62H40N6/c1-6-20-41(21-7-1)52-39-54(65-61(63-52)43-24-10-3-11-25-43)45-34-37-58(51(38-45)55-40-53(42-22-8-2-9-23-42)64-62(66-55)44-26-12-4-13-27-44)68-57-33-19-17-31-48(57)50-36-35-49-47-30-16-18-32-56(47)67(59(49)60(50)68)46-28-14-5-15-29-46/h1-40H. The zero-order valence-corrected chi connectivity index (χ0v) is 36.8. The van der Waals surface area contributed by atoms with Crippen LogP contribution in [0.5, 0.6) is 0 Å². The summed E-state index contributed by atoms with van der Waals surface area (Å²) in [6.45, 7) is 0. The molecule has 0 atom stereocenters. The minimum Gasteiger partial charge on any atom is -0.307 e. The van der Waals surface area contributed by atoms with Crippen molar-refractivity contribution in [2.24, 2.45) is 0 Å². The summed E-state index contributed by atoms with van der Waals surface area (Å²) in [7, 11) is 0. The Hall–Kier alpha value is -9.26. The Labute approximate surface area is 392 Å². The average molecular weight is 869 g/mol. The van der Waals surface area contributed by atoms with Gasteiger partial charge in [-0.1, -0.05) is 194 Å². The third-order valence-corrected chi connectivity index (χ3v) is 12.9. The van der Waals surface area contributed by atoms with E-state index in [4.69, 9.17) is 19.9 Å². The maximum Gasteiger partial charge on any atom is 0.160 e. The lowest BCUT2D eigenvalue weighted by Gasteiger charge is -2.18. The van der Waals surface area contributed by atoms with E-state index in [2.05, 4.69) is 203 Å². The molecular weight excluding hydrogens is 829 g/mol. The third-order valence-electron chi connectivity index (χ3n) is 12.9. The van der Waals surface area contributed by atoms with Gasteiger partial charge in [0, 0.05) is 60.6 Å². The summed E-state index contributed by atoms with van der Waals surface area (Å²) in [6, 6.07) is 85.0. The summed E-state index contributed by atoms with van der Waals surface area (Å²) in [4.78, 5) is 21.2. The molecule has 0 saturated carbocycles. The fourth-order valence-electron chi connectivity index (χ4n) is 9.82. The van der Waals surface area contributed by atoms with Crippen molar-refractivity contribution in [1.82, 2.24) is 29.1 Å². The molecule has 4 aromatic heterocycles. The number of aromatic nitrogens is 6. The van der Waals surface area contributed by atoms with E-state index in [1.54, 1.807) is 0 Å². The smallest absolute Gasteiger partial charge is 0.160 e. The summed E-state index contributed by atoms with van der Waals surface area (Å²) in [5, 5.41) is 4.71. The van der Waals surface area contributed by atoms with E-state index in [0.717, 1.165) is 100 Å². The van der Waals surface area contributed by atoms with Gasteiger partial charge in [0.1, 0.15) is 0 Å². The van der Waals surface area contributed by atoms with Crippen LogP contribution in [0.25, 0.3) is 123 Å². The molecule has 0 spiro atoms. The summed E-state index contributed by atoms with van der Waals surface area (Å²) < 4.78 is 4.89. The summed E-state index contributed by atoms with van der Waals surface area (Å²) in [5.74, 6) is 1.30. The van der Waals surface area contributed by atoms with Crippen molar-refractivity contribution in [2.45, 2.75) is 0 Å². The Kier molecular flexibility index (Phi) is 9.39. The molecule has 68 heavy (non-hydrogen) atoms. The molecule has 0 aliphatic rings. The number of benzene rings is 9. The van der Waals surface area contributed by atoms with Gasteiger partial charge >= 0.3 is 0 Å². The van der Waals surface area contributed by atoms with E-state index in [0.29, 0.717) is 11.6 Å². The molecule has 0 bridgehead atoms. The van der Waals surface area contributed by atoms with Crippen molar-refractivity contribution in [3.8, 4) is 79.2 Å². The van der Waals surface area contributed by atoms with E-state index < -0.39 is 0 Å². The molecule has 0 unspecified atom stereocenters. The predicted octanol–water partition coefficient (Wildman–Crippen LogP) is 15.5. The van der Waals surface area contributed by atoms with Gasteiger partial charge in [-0.3, -0.25) is 0 Å². The molecule has 6 heteroatoms. The first-order valence-corrected chi connectivity index (χ1v) is 22.9. The quantitative estimate of drug-likeness (QED) is 0.153. The van der Waals surface area contributed by atoms with Gasteiger partial charge in [-0.2, -0.15) is 0 Å². The average Bonchev–Trinajstić information content (AvgIpc) is 3.95. The van der Waals surface area contributed by atoms with Crippen LogP contribution in [-0.4, -0.2) is 29.1 Å². The zero-order chi connectivity index (χ0) is 45.0. The SMILES string of the molecule is c1ccc(-c2cc(-c3ccc(-n4c5ccccc5c5ccc6c7ccccc7n(-c7ccccc7)c6c54)c(-c4cc(-c5ccccc5)nc(-c5ccccc5)n4)c3)nc(-c3ccccc3)n2)cc1. The lowest BCUT2D eigenvalue weighted by molar-refractivity contribution is 1.14. The van der Waals surface area contributed by atoms with Crippen LogP contribution < -0.4 is 0 Å². The van der Waals surface area contributed by atoms with E-state index >= 15 is 0 Å². The van der Waals surface area contributed by atoms with E-state index in [9.17, 15) is 0 Å². The molecule has 6 nitrogen and oxygen atoms in total. The molecular formula is C62H40N6. The summed E-state index contributed by atoms with van der Waals surface area (Å²) >= 11 is 0. The van der Waals surface area contributed by atoms with Gasteiger partial charge in [0.2, 0.25) is 0 Å². The molecule has 0 fully saturated rings. The second-order valence-electron chi connectivity index (χ2n) is 17.0. The van der Waals surface area contributed by atoms with Crippen molar-refractivity contribution < 1.29 is 0 Å². The Morgan fingerprint density at radius 1 is 0.265 bits per heavy atom. The van der Waals surface area contributed by atoms with Crippen LogP contribution in [0.15, 0.2) is 243 Å². The molecule has 318 valence electrons. The Morgan fingerprint density at radius 3 is 1.19 bits per heavy atom. The van der Waals surface area contributed by atoms with Crippen LogP contribution in [0.1, 0.15) is 0 Å². The van der Waals surface area contributed by atoms with Crippen molar-refractivity contribution in [3.63, 3.8) is 0 Å². The molecule has 0 N–H and O–H groups in total. The fourth-order valence-corrected chi connectivity index (χ4v) is 9.82. The maximum absolute atomic E-state index is 5.49. The number of nitrogens with zero attached hydrogens (tertiary/aromatic N) is 6. The van der Waals surface area contributed by atoms with Crippen molar-refractivity contribution >= 4 is 43.6 Å². The maximum atomic E-state index is 5.49. The minimum absolute atomic E-state index is 0.645. The first-order chi connectivity index (χ1) is 33.7. The highest BCUT2D eigenvalue weighted by Gasteiger charge is 2.24. The molecule has 0 saturated heterocycles. The third kappa shape index (κ3) is 6.66. The van der Waals surface area contributed by atoms with Crippen molar-refractivity contribution in [3.05, 3.63) is 243 Å². The Bertz CT molecular complexity index is 3880. The van der Waals surface area contributed by atoms with Crippen LogP contribution in [0.4, 0.5) is 0 Å². The molecule has 13 aromatic rings. The van der Waals surface area contributed by atoms with E-state index in [1.807, 2.05) is 48.5 Å². The van der Waals surface area contributed by atoms with Gasteiger partial charge in [0.25, 0.3) is 0 Å². The summed E-state index contributed by atoms with van der Waals surface area (Å²) in [5.41, 5.74) is 15.6. The lowest BCUT2D eigenvalue weighted by atomic mass is 9.99. The largest absolute Gasteiger partial charge is 0.307 e. The van der Waals surface area contributed by atoms with E-state index in [1.165, 1.54) is 10.8 Å². The second kappa shape index (κ2) is 16.3. The van der Waals surface area contributed by atoms with Crippen molar-refractivity contribution in [2.75, 3.05) is 0 Å². The predicted molar refractivity (Wildman–Crippen MR) is 279 cm³/mol. The number of fused-ring (bicyclic) bond motifs is 7. The molecule has 0 aliphatic carbocycles. The van der Waals surface area contributed by atoms with Crippen LogP contribution in [-0.2, 0) is 0 Å². The number of hydrogen-bond acceptors (Lipinski definition) is 4. The van der Waals surface area contributed by atoms with Crippen LogP contribution >= 0.6 is 0 Å². The first kappa shape index (κ1) is 39.1. The second-order valence-corrected chi connectivity index (χ2v) is 17.0. The first-order valence-electron chi connectivity index (χ1n) is 22.9. The van der Waals surface area contributed by atoms with Crippen LogP contribution in [0.2, 0.25) is 0 Å². The fraction of sp³-hybridized carbons (Fsp3) is 0. The molecule has 4 heterocycles. The number of rotatable bonds is 8. The van der Waals surface area contributed by atoms with Gasteiger partial charge in [0.05, 0.1) is 50.5 Å². The van der Waals surface area contributed by atoms with Gasteiger partial charge in [-0.25, -0.2) is 19.9 Å². The number of hydrogen-bond donors (Lipinski definition) is 0. The lowest BCUT2D eigenvalue weighted by Crippen LogP contribution is -2.03. The topological polar surface area (TPSA) is 61.4 Å². The minimum atomic E-state index is 0.645. The Morgan fingerprint density at radius 2 is 0.662 bits per heavy atom. The van der Waals surface area contributed by atoms with Gasteiger partial charge in [-0.05, 0) is 48.5 Å². The molecule has 0 radical (unpaired) electrons. The van der Waals surface area contributed by atoms with Crippen LogP contribution in [0, 0.1) is 0 Å². The van der Waals surface area contributed by atoms with Gasteiger partial charge < -0.3 is 9.13 Å². The summed E-state index contributed by atoms with van der Waals surface area (Å²) in [6.07, 6.45) is 0. The molecule has 0 aliphatic heterocycles. The molecule has 13 rings (SSSR count). The van der Waals surface area contributed by atoms with Gasteiger partial charge in [0.15, 0.2) is 11.6 Å². The van der Waals surface area contributed by atoms with Gasteiger partial charge in [-0.15, -0.1) is 0 Å². The highest BCUT2D eigenvalue weighted by atomic mass is 15.0. The monoisotopic (exact) mass is 868 g/mol. The zero-order valence-electron chi connectivity index (χ0n) is 36.8. The van der Waals surface area contributed by atoms with E-state index in [-0.39, 0.29) is 0 Å². The normalized spacial score (nSPS) is 11.5. The molecule has 0 amide bonds. The highest BCUT2D eigenvalue weighted by Crippen LogP contribution is 2.44.